The first kappa shape index (κ1) is 23.3. The van der Waals surface area contributed by atoms with Gasteiger partial charge in [-0.15, -0.1) is 0 Å². The molecule has 38 heavy (non-hydrogen) atoms. The number of nitrogens with one attached hydrogen (secondary N) is 2. The van der Waals surface area contributed by atoms with Crippen molar-refractivity contribution in [3.05, 3.63) is 66.9 Å². The number of urea groups is 1. The highest BCUT2D eigenvalue weighted by Gasteiger charge is 2.48. The zero-order chi connectivity index (χ0) is 26.6. The quantitative estimate of drug-likeness (QED) is 0.294. The summed E-state index contributed by atoms with van der Waals surface area (Å²) in [6, 6.07) is 10.3. The third-order valence-electron chi connectivity index (χ3n) is 6.56. The van der Waals surface area contributed by atoms with Gasteiger partial charge in [0.15, 0.2) is 17.1 Å². The Bertz CT molecular complexity index is 1730. The van der Waals surface area contributed by atoms with Crippen molar-refractivity contribution < 1.29 is 28.2 Å². The molecule has 0 aliphatic carbocycles. The summed E-state index contributed by atoms with van der Waals surface area (Å²) >= 11 is 0. The first-order valence-electron chi connectivity index (χ1n) is 11.4. The summed E-state index contributed by atoms with van der Waals surface area (Å²) in [6.07, 6.45) is 4.64. The summed E-state index contributed by atoms with van der Waals surface area (Å²) in [7, 11) is 1.83. The van der Waals surface area contributed by atoms with Crippen molar-refractivity contribution in [2.24, 2.45) is 7.05 Å². The van der Waals surface area contributed by atoms with E-state index in [0.29, 0.717) is 27.8 Å². The number of aromatic hydroxyl groups is 1. The predicted octanol–water partition coefficient (Wildman–Crippen LogP) is 3.03. The lowest BCUT2D eigenvalue weighted by Crippen LogP contribution is -2.47. The van der Waals surface area contributed by atoms with Gasteiger partial charge in [0.05, 0.1) is 12.9 Å². The minimum absolute atomic E-state index is 0.121. The number of fused-ring (bicyclic) bond motifs is 2. The highest BCUT2D eigenvalue weighted by molar-refractivity contribution is 6.07. The molecule has 3 N–H and O–H groups in total. The van der Waals surface area contributed by atoms with Crippen molar-refractivity contribution in [2.75, 3.05) is 0 Å². The van der Waals surface area contributed by atoms with Crippen molar-refractivity contribution in [3.63, 3.8) is 0 Å². The molecule has 3 amide bonds. The van der Waals surface area contributed by atoms with E-state index in [1.54, 1.807) is 41.4 Å². The van der Waals surface area contributed by atoms with Crippen LogP contribution >= 0.6 is 0 Å². The summed E-state index contributed by atoms with van der Waals surface area (Å²) in [4.78, 5) is 38.3. The van der Waals surface area contributed by atoms with Gasteiger partial charge in [0.1, 0.15) is 23.3 Å². The highest BCUT2D eigenvalue weighted by atomic mass is 19.3. The number of hydrogen-bond donors (Lipinski definition) is 3. The fourth-order valence-electron chi connectivity index (χ4n) is 4.74. The largest absolute Gasteiger partial charge is 0.494 e. The first-order chi connectivity index (χ1) is 18.2. The number of ether oxygens (including phenoxy) is 1. The van der Waals surface area contributed by atoms with Crippen LogP contribution in [0.4, 0.5) is 13.6 Å². The van der Waals surface area contributed by atoms with E-state index in [0.717, 1.165) is 5.56 Å². The van der Waals surface area contributed by atoms with Crippen molar-refractivity contribution in [1.82, 2.24) is 34.7 Å². The Kier molecular flexibility index (Phi) is 5.22. The summed E-state index contributed by atoms with van der Waals surface area (Å²) in [5, 5.41) is 16.6. The monoisotopic (exact) mass is 519 g/mol. The number of nitrogens with zero attached hydrogens (tertiary/aromatic N) is 5. The van der Waals surface area contributed by atoms with E-state index in [-0.39, 0.29) is 23.6 Å². The molecule has 6 rings (SSSR count). The summed E-state index contributed by atoms with van der Waals surface area (Å²) in [5.41, 5.74) is 1.50. The number of aryl methyl sites for hydroxylation is 1. The van der Waals surface area contributed by atoms with Crippen LogP contribution in [0.2, 0.25) is 0 Å². The molecule has 2 aromatic carbocycles. The summed E-state index contributed by atoms with van der Waals surface area (Å²) in [5.74, 6) is -1.00. The molecule has 1 aliphatic rings. The van der Waals surface area contributed by atoms with Crippen molar-refractivity contribution in [1.29, 1.82) is 0 Å². The van der Waals surface area contributed by atoms with Gasteiger partial charge >= 0.3 is 12.6 Å². The molecular weight excluding hydrogens is 500 g/mol. The predicted molar refractivity (Wildman–Crippen MR) is 130 cm³/mol. The lowest BCUT2D eigenvalue weighted by molar-refractivity contribution is -0.124. The zero-order valence-corrected chi connectivity index (χ0v) is 19.7. The molecule has 0 saturated carbocycles. The SMILES string of the molecule is Cn1cnc2c(-c3ccc([C@]4(Cn5cc6ccc(OC(F)F)cc6c5O)NC(=O)NC4=O)cc3)ncnc21. The maximum atomic E-state index is 13.1. The Morgan fingerprint density at radius 2 is 1.89 bits per heavy atom. The van der Waals surface area contributed by atoms with Crippen molar-refractivity contribution >= 4 is 33.9 Å². The number of halogens is 2. The molecule has 1 aliphatic heterocycles. The molecule has 1 atom stereocenters. The van der Waals surface area contributed by atoms with E-state index in [1.165, 1.54) is 29.1 Å². The number of benzene rings is 2. The molecule has 0 unspecified atom stereocenters. The van der Waals surface area contributed by atoms with Gasteiger partial charge in [0, 0.05) is 29.6 Å². The standard InChI is InChI=1S/C25H19F2N7O4/c1-33-12-30-19-18(28-11-29-20(19)33)13-2-5-15(6-3-13)25(22(36)31-24(37)32-25)10-34-9-14-4-7-16(38-23(26)27)8-17(14)21(34)35/h2-9,11-12,23,35H,10H2,1H3,(H2,31,32,36,37)/t25-/m0/s1. The van der Waals surface area contributed by atoms with Crippen LogP contribution in [0.15, 0.2) is 61.3 Å². The molecule has 11 nitrogen and oxygen atoms in total. The van der Waals surface area contributed by atoms with Gasteiger partial charge < -0.3 is 24.3 Å². The fourth-order valence-corrected chi connectivity index (χ4v) is 4.74. The average Bonchev–Trinajstić information content (AvgIpc) is 3.52. The Morgan fingerprint density at radius 1 is 1.11 bits per heavy atom. The molecule has 3 aromatic heterocycles. The number of alkyl halides is 2. The van der Waals surface area contributed by atoms with Gasteiger partial charge in [-0.2, -0.15) is 8.78 Å². The van der Waals surface area contributed by atoms with Gasteiger partial charge in [0.2, 0.25) is 0 Å². The van der Waals surface area contributed by atoms with Crippen molar-refractivity contribution in [3.8, 4) is 22.9 Å². The second kappa shape index (κ2) is 8.50. The van der Waals surface area contributed by atoms with E-state index >= 15 is 0 Å². The molecule has 4 heterocycles. The van der Waals surface area contributed by atoms with E-state index in [2.05, 4.69) is 30.3 Å². The molecular formula is C25H19F2N7O4. The summed E-state index contributed by atoms with van der Waals surface area (Å²) < 4.78 is 32.9. The highest BCUT2D eigenvalue weighted by Crippen LogP contribution is 2.36. The van der Waals surface area contributed by atoms with Gasteiger partial charge in [-0.25, -0.2) is 19.7 Å². The molecule has 1 saturated heterocycles. The van der Waals surface area contributed by atoms with Crippen LogP contribution in [0.5, 0.6) is 11.6 Å². The maximum Gasteiger partial charge on any atom is 0.387 e. The maximum absolute atomic E-state index is 13.1. The van der Waals surface area contributed by atoms with Crippen LogP contribution in [-0.2, 0) is 23.9 Å². The number of carbonyl (C=O) groups is 2. The minimum Gasteiger partial charge on any atom is -0.494 e. The topological polar surface area (TPSA) is 136 Å². The molecule has 0 radical (unpaired) electrons. The molecule has 0 bridgehead atoms. The van der Waals surface area contributed by atoms with E-state index in [1.807, 2.05) is 7.05 Å². The molecule has 0 spiro atoms. The van der Waals surface area contributed by atoms with Gasteiger partial charge in [-0.1, -0.05) is 24.3 Å². The molecule has 192 valence electrons. The smallest absolute Gasteiger partial charge is 0.387 e. The number of amides is 3. The number of carbonyl (C=O) groups excluding carboxylic acids is 2. The third kappa shape index (κ3) is 3.67. The second-order valence-corrected chi connectivity index (χ2v) is 8.85. The molecule has 5 aromatic rings. The molecule has 13 heteroatoms. The van der Waals surface area contributed by atoms with Crippen LogP contribution in [-0.4, -0.2) is 47.7 Å². The fraction of sp³-hybridized carbons (Fsp3) is 0.160. The average molecular weight is 519 g/mol. The summed E-state index contributed by atoms with van der Waals surface area (Å²) in [6.45, 7) is -3.19. The van der Waals surface area contributed by atoms with Crippen LogP contribution < -0.4 is 15.4 Å². The van der Waals surface area contributed by atoms with Crippen LogP contribution in [0.1, 0.15) is 5.56 Å². The number of imide groups is 1. The third-order valence-corrected chi connectivity index (χ3v) is 6.56. The Morgan fingerprint density at radius 3 is 2.61 bits per heavy atom. The first-order valence-corrected chi connectivity index (χ1v) is 11.4. The lowest BCUT2D eigenvalue weighted by atomic mass is 9.88. The van der Waals surface area contributed by atoms with Crippen molar-refractivity contribution in [2.45, 2.75) is 18.7 Å². The Hall–Kier alpha value is -5.07. The number of aromatic nitrogens is 5. The Labute approximate surface area is 212 Å². The van der Waals surface area contributed by atoms with Gasteiger partial charge in [-0.3, -0.25) is 10.1 Å². The number of hydrogen-bond acceptors (Lipinski definition) is 7. The second-order valence-electron chi connectivity index (χ2n) is 8.85. The van der Waals surface area contributed by atoms with Gasteiger partial charge in [-0.05, 0) is 23.8 Å². The lowest BCUT2D eigenvalue weighted by Gasteiger charge is -2.27. The minimum atomic E-state index is -3.02. The normalized spacial score (nSPS) is 17.4. The number of imidazole rings is 1. The molecule has 1 fully saturated rings. The van der Waals surface area contributed by atoms with E-state index in [4.69, 9.17) is 0 Å². The van der Waals surface area contributed by atoms with Gasteiger partial charge in [0.25, 0.3) is 5.91 Å². The zero-order valence-electron chi connectivity index (χ0n) is 19.7. The Balaban J connectivity index is 1.39. The van der Waals surface area contributed by atoms with E-state index in [9.17, 15) is 23.5 Å². The van der Waals surface area contributed by atoms with Crippen LogP contribution in [0.25, 0.3) is 33.2 Å². The van der Waals surface area contributed by atoms with Crippen LogP contribution in [0.3, 0.4) is 0 Å². The van der Waals surface area contributed by atoms with E-state index < -0.39 is 24.1 Å². The van der Waals surface area contributed by atoms with Crippen LogP contribution in [0, 0.1) is 0 Å². The number of rotatable bonds is 6.